The van der Waals surface area contributed by atoms with E-state index in [1.165, 1.54) is 72.8 Å². The number of hydrogen-bond donors (Lipinski definition) is 0. The van der Waals surface area contributed by atoms with Crippen LogP contribution in [0.3, 0.4) is 0 Å². The van der Waals surface area contributed by atoms with E-state index in [4.69, 9.17) is 0 Å². The topological polar surface area (TPSA) is 34.1 Å². The molecule has 0 heterocycles. The molecule has 0 spiro atoms. The molecule has 0 N–H and O–H groups in total. The minimum Gasteiger partial charge on any atom is -0.290 e. The molecule has 0 unspecified atom stereocenters. The molecule has 0 radical (unpaired) electrons. The van der Waals surface area contributed by atoms with Crippen molar-refractivity contribution < 1.29 is 9.59 Å². The summed E-state index contributed by atoms with van der Waals surface area (Å²) in [5.41, 5.74) is 1.27. The quantitative estimate of drug-likeness (QED) is 0.124. The van der Waals surface area contributed by atoms with Crippen molar-refractivity contribution in [2.45, 2.75) is 64.7 Å². The second-order valence-corrected chi connectivity index (χ2v) is 14.0. The van der Waals surface area contributed by atoms with E-state index >= 15 is 0 Å². The zero-order valence-corrected chi connectivity index (χ0v) is 23.5. The second kappa shape index (κ2) is 14.2. The van der Waals surface area contributed by atoms with E-state index < -0.39 is 7.26 Å². The molecule has 0 amide bonds. The fourth-order valence-corrected chi connectivity index (χ4v) is 10.0. The lowest BCUT2D eigenvalue weighted by atomic mass is 9.93. The molecule has 0 fully saturated rings. The summed E-state index contributed by atoms with van der Waals surface area (Å²) in [6, 6.07) is 33.5. The van der Waals surface area contributed by atoms with Gasteiger partial charge in [-0.1, -0.05) is 86.7 Å². The van der Waals surface area contributed by atoms with Gasteiger partial charge in [-0.25, -0.2) is 0 Å². The number of rotatable bonds is 14. The molecular weight excluding hydrogens is 483 g/mol. The maximum Gasteiger partial charge on any atom is 0.184 e. The van der Waals surface area contributed by atoms with Crippen molar-refractivity contribution in [1.82, 2.24) is 0 Å². The van der Waals surface area contributed by atoms with Gasteiger partial charge in [-0.05, 0) is 81.2 Å². The van der Waals surface area contributed by atoms with Crippen LogP contribution in [0.4, 0.5) is 0 Å². The first-order valence-corrected chi connectivity index (χ1v) is 16.1. The third-order valence-electron chi connectivity index (χ3n) is 7.61. The first-order valence-electron chi connectivity index (χ1n) is 14.1. The van der Waals surface area contributed by atoms with Crippen LogP contribution < -0.4 is 15.9 Å². The highest BCUT2D eigenvalue weighted by Crippen LogP contribution is 2.56. The number of hydrogen-bond acceptors (Lipinski definition) is 2. The van der Waals surface area contributed by atoms with Gasteiger partial charge in [0.05, 0.1) is 6.16 Å². The molecule has 3 aromatic carbocycles. The molecule has 2 nitrogen and oxygen atoms in total. The highest BCUT2D eigenvalue weighted by molar-refractivity contribution is 7.95. The van der Waals surface area contributed by atoms with Crippen LogP contribution in [0.25, 0.3) is 0 Å². The standard InChI is InChI=1S/C35H40O2P/c1-29-27-31(36)28-30(35(29)37)19-11-6-4-2-3-5-7-18-26-38(32-20-12-8-13-21-32,33-22-14-9-15-23-33)34-24-16-10-17-25-34/h8-10,12-17,20-25,27-28H,2-7,11,18-19,26H2,1H3/q+1. The number of carbonyl (C=O) groups is 2. The molecule has 0 saturated heterocycles. The fraction of sp³-hybridized carbons (Fsp3) is 0.314. The first-order chi connectivity index (χ1) is 18.6. The smallest absolute Gasteiger partial charge is 0.184 e. The van der Waals surface area contributed by atoms with Crippen LogP contribution >= 0.6 is 7.26 Å². The Kier molecular flexibility index (Phi) is 10.4. The summed E-state index contributed by atoms with van der Waals surface area (Å²) in [5, 5.41) is 4.41. The van der Waals surface area contributed by atoms with Gasteiger partial charge in [0.25, 0.3) is 0 Å². The molecule has 0 aromatic heterocycles. The summed E-state index contributed by atoms with van der Waals surface area (Å²) in [4.78, 5) is 23.9. The Morgan fingerprint density at radius 3 is 1.42 bits per heavy atom. The van der Waals surface area contributed by atoms with Crippen LogP contribution in [-0.2, 0) is 9.59 Å². The largest absolute Gasteiger partial charge is 0.290 e. The highest BCUT2D eigenvalue weighted by Gasteiger charge is 2.44. The van der Waals surface area contributed by atoms with Gasteiger partial charge in [-0.2, -0.15) is 0 Å². The molecular formula is C35H40O2P+. The predicted octanol–water partition coefficient (Wildman–Crippen LogP) is 7.52. The van der Waals surface area contributed by atoms with Crippen LogP contribution in [0.5, 0.6) is 0 Å². The van der Waals surface area contributed by atoms with Gasteiger partial charge in [0.15, 0.2) is 11.6 Å². The summed E-state index contributed by atoms with van der Waals surface area (Å²) < 4.78 is 0. The van der Waals surface area contributed by atoms with E-state index in [1.807, 2.05) is 0 Å². The first kappa shape index (κ1) is 27.9. The highest BCUT2D eigenvalue weighted by atomic mass is 31.2. The van der Waals surface area contributed by atoms with Crippen molar-refractivity contribution >= 4 is 34.7 Å². The van der Waals surface area contributed by atoms with Crippen LogP contribution in [0.2, 0.25) is 0 Å². The van der Waals surface area contributed by atoms with Crippen LogP contribution in [-0.4, -0.2) is 17.7 Å². The van der Waals surface area contributed by atoms with Gasteiger partial charge >= 0.3 is 0 Å². The maximum absolute atomic E-state index is 12.2. The number of Topliss-reactive ketones (excluding diaryl/α,β-unsaturated/α-hetero) is 1. The Morgan fingerprint density at radius 1 is 0.526 bits per heavy atom. The number of ketones is 2. The molecule has 0 saturated carbocycles. The Morgan fingerprint density at radius 2 is 0.947 bits per heavy atom. The van der Waals surface area contributed by atoms with Gasteiger partial charge in [0, 0.05) is 11.1 Å². The molecule has 0 bridgehead atoms. The monoisotopic (exact) mass is 523 g/mol. The van der Waals surface area contributed by atoms with Crippen molar-refractivity contribution in [3.8, 4) is 0 Å². The third kappa shape index (κ3) is 7.06. The molecule has 1 aliphatic carbocycles. The summed E-state index contributed by atoms with van der Waals surface area (Å²) in [5.74, 6) is 0.000357. The lowest BCUT2D eigenvalue weighted by Gasteiger charge is -2.27. The zero-order valence-electron chi connectivity index (χ0n) is 22.6. The molecule has 0 aliphatic heterocycles. The summed E-state index contributed by atoms with van der Waals surface area (Å²) in [7, 11) is -1.71. The predicted molar refractivity (Wildman–Crippen MR) is 163 cm³/mol. The molecule has 3 heteroatoms. The van der Waals surface area contributed by atoms with E-state index in [2.05, 4.69) is 91.0 Å². The Bertz CT molecular complexity index is 1150. The molecule has 4 rings (SSSR count). The summed E-state index contributed by atoms with van der Waals surface area (Å²) in [6.07, 6.45) is 14.4. The second-order valence-electron chi connectivity index (χ2n) is 10.3. The number of unbranched alkanes of at least 4 members (excludes halogenated alkanes) is 7. The van der Waals surface area contributed by atoms with E-state index in [0.29, 0.717) is 11.1 Å². The van der Waals surface area contributed by atoms with Crippen LogP contribution in [0.15, 0.2) is 114 Å². The summed E-state index contributed by atoms with van der Waals surface area (Å²) >= 11 is 0. The molecule has 0 atom stereocenters. The van der Waals surface area contributed by atoms with Crippen LogP contribution in [0, 0.1) is 0 Å². The van der Waals surface area contributed by atoms with Crippen molar-refractivity contribution in [3.05, 3.63) is 114 Å². The van der Waals surface area contributed by atoms with Crippen molar-refractivity contribution in [2.24, 2.45) is 0 Å². The average Bonchev–Trinajstić information content (AvgIpc) is 2.96. The molecule has 1 aliphatic rings. The summed E-state index contributed by atoms with van der Waals surface area (Å²) in [6.45, 7) is 1.73. The van der Waals surface area contributed by atoms with E-state index in [1.54, 1.807) is 6.92 Å². The van der Waals surface area contributed by atoms with Gasteiger partial charge in [0.1, 0.15) is 23.2 Å². The average molecular weight is 524 g/mol. The van der Waals surface area contributed by atoms with Crippen molar-refractivity contribution in [2.75, 3.05) is 6.16 Å². The SMILES string of the molecule is CC1=CC(=O)C=C(CCCCCCCCCC[P+](c2ccccc2)(c2ccccc2)c2ccccc2)C1=O. The molecule has 196 valence electrons. The van der Waals surface area contributed by atoms with E-state index in [-0.39, 0.29) is 11.6 Å². The van der Waals surface area contributed by atoms with E-state index in [9.17, 15) is 9.59 Å². The van der Waals surface area contributed by atoms with E-state index in [0.717, 1.165) is 19.3 Å². The van der Waals surface area contributed by atoms with Crippen molar-refractivity contribution in [1.29, 1.82) is 0 Å². The normalized spacial score (nSPS) is 13.8. The molecule has 3 aromatic rings. The number of carbonyl (C=O) groups excluding carboxylic acids is 2. The number of benzene rings is 3. The zero-order chi connectivity index (χ0) is 26.6. The van der Waals surface area contributed by atoms with Gasteiger partial charge < -0.3 is 0 Å². The minimum atomic E-state index is -1.71. The van der Waals surface area contributed by atoms with Gasteiger partial charge in [0.2, 0.25) is 0 Å². The van der Waals surface area contributed by atoms with Gasteiger partial charge in [-0.3, -0.25) is 9.59 Å². The van der Waals surface area contributed by atoms with Crippen LogP contribution in [0.1, 0.15) is 64.7 Å². The Labute approximate surface area is 229 Å². The lowest BCUT2D eigenvalue weighted by molar-refractivity contribution is -0.115. The Hall–Kier alpha value is -3.09. The molecule has 38 heavy (non-hydrogen) atoms. The lowest BCUT2D eigenvalue weighted by Crippen LogP contribution is -2.33. The maximum atomic E-state index is 12.2. The van der Waals surface area contributed by atoms with Crippen molar-refractivity contribution in [3.63, 3.8) is 0 Å². The third-order valence-corrected chi connectivity index (χ3v) is 12.1. The minimum absolute atomic E-state index is 0.0460. The number of allylic oxidation sites excluding steroid dienone is 4. The van der Waals surface area contributed by atoms with Gasteiger partial charge in [-0.15, -0.1) is 0 Å². The Balaban J connectivity index is 1.27. The fourth-order valence-electron chi connectivity index (χ4n) is 5.60.